The molecule has 6 nitrogen and oxygen atoms in total. The Bertz CT molecular complexity index is 586. The number of rotatable bonds is 7. The first-order valence-corrected chi connectivity index (χ1v) is 9.74. The molecule has 1 aliphatic carbocycles. The van der Waals surface area contributed by atoms with Crippen molar-refractivity contribution >= 4 is 11.6 Å². The van der Waals surface area contributed by atoms with Crippen LogP contribution < -0.4 is 25.0 Å². The molecule has 0 atom stereocenters. The summed E-state index contributed by atoms with van der Waals surface area (Å²) in [5.41, 5.74) is 1.16. The van der Waals surface area contributed by atoms with Crippen LogP contribution >= 0.6 is 0 Å². The minimum absolute atomic E-state index is 0.468. The minimum atomic E-state index is 0.468. The maximum atomic E-state index is 5.40. The van der Waals surface area contributed by atoms with Crippen LogP contribution in [-0.4, -0.2) is 52.4 Å². The number of benzene rings is 1. The van der Waals surface area contributed by atoms with Crippen molar-refractivity contribution in [1.29, 1.82) is 0 Å². The molecule has 1 saturated carbocycles. The normalized spacial score (nSPS) is 18.6. The fraction of sp³-hybridized carbons (Fsp3) is 0.650. The maximum Gasteiger partial charge on any atom is 0.191 e. The predicted octanol–water partition coefficient (Wildman–Crippen LogP) is 2.64. The number of guanidine groups is 1. The molecule has 1 heterocycles. The van der Waals surface area contributed by atoms with E-state index in [2.05, 4.69) is 34.6 Å². The Morgan fingerprint density at radius 3 is 2.27 bits per heavy atom. The highest BCUT2D eigenvalue weighted by Gasteiger charge is 2.23. The number of hydrogen-bond donors (Lipinski definition) is 2. The van der Waals surface area contributed by atoms with E-state index in [0.717, 1.165) is 68.1 Å². The Labute approximate surface area is 157 Å². The molecule has 144 valence electrons. The summed E-state index contributed by atoms with van der Waals surface area (Å²) >= 11 is 0. The number of nitrogens with one attached hydrogen (secondary N) is 2. The Hall–Kier alpha value is -2.11. The van der Waals surface area contributed by atoms with Gasteiger partial charge in [0, 0.05) is 56.1 Å². The third kappa shape index (κ3) is 5.19. The molecule has 26 heavy (non-hydrogen) atoms. The standard InChI is InChI=1S/C20H32N4O2/c1-4-21-20(22-14-15-5-6-15)23-16-7-9-24(10-8-16)17-11-18(25-2)13-19(12-17)26-3/h11-13,15-16H,4-10,14H2,1-3H3,(H2,21,22,23). The first-order chi connectivity index (χ1) is 12.7. The summed E-state index contributed by atoms with van der Waals surface area (Å²) in [5.74, 6) is 3.46. The number of nitrogens with zero attached hydrogens (tertiary/aromatic N) is 2. The molecule has 1 saturated heterocycles. The van der Waals surface area contributed by atoms with E-state index in [1.807, 2.05) is 6.07 Å². The summed E-state index contributed by atoms with van der Waals surface area (Å²) in [6, 6.07) is 6.54. The van der Waals surface area contributed by atoms with Crippen LogP contribution in [0.15, 0.2) is 23.2 Å². The molecule has 1 aromatic carbocycles. The second-order valence-electron chi connectivity index (χ2n) is 7.14. The first kappa shape index (κ1) is 18.7. The van der Waals surface area contributed by atoms with Crippen LogP contribution in [0.25, 0.3) is 0 Å². The van der Waals surface area contributed by atoms with Gasteiger partial charge in [0.2, 0.25) is 0 Å². The van der Waals surface area contributed by atoms with Gasteiger partial charge in [0.1, 0.15) is 11.5 Å². The highest BCUT2D eigenvalue weighted by atomic mass is 16.5. The van der Waals surface area contributed by atoms with Gasteiger partial charge in [-0.1, -0.05) is 0 Å². The Kier molecular flexibility index (Phi) is 6.47. The monoisotopic (exact) mass is 360 g/mol. The quantitative estimate of drug-likeness (QED) is 0.578. The van der Waals surface area contributed by atoms with E-state index in [1.165, 1.54) is 12.8 Å². The number of ether oxygens (including phenoxy) is 2. The molecule has 3 rings (SSSR count). The second-order valence-corrected chi connectivity index (χ2v) is 7.14. The topological polar surface area (TPSA) is 58.1 Å². The van der Waals surface area contributed by atoms with Crippen LogP contribution in [0, 0.1) is 5.92 Å². The average Bonchev–Trinajstić information content (AvgIpc) is 3.51. The first-order valence-electron chi connectivity index (χ1n) is 9.74. The lowest BCUT2D eigenvalue weighted by atomic mass is 10.0. The van der Waals surface area contributed by atoms with Gasteiger partial charge in [0.05, 0.1) is 14.2 Å². The van der Waals surface area contributed by atoms with Crippen LogP contribution in [0.2, 0.25) is 0 Å². The minimum Gasteiger partial charge on any atom is -0.497 e. The molecule has 1 aliphatic heterocycles. The van der Waals surface area contributed by atoms with Crippen molar-refractivity contribution in [3.05, 3.63) is 18.2 Å². The Morgan fingerprint density at radius 2 is 1.73 bits per heavy atom. The van der Waals surface area contributed by atoms with E-state index >= 15 is 0 Å². The van der Waals surface area contributed by atoms with Gasteiger partial charge in [-0.2, -0.15) is 0 Å². The van der Waals surface area contributed by atoms with E-state index in [-0.39, 0.29) is 0 Å². The third-order valence-corrected chi connectivity index (χ3v) is 5.09. The van der Waals surface area contributed by atoms with Gasteiger partial charge in [-0.15, -0.1) is 0 Å². The molecule has 1 aromatic rings. The van der Waals surface area contributed by atoms with E-state index < -0.39 is 0 Å². The number of aliphatic imine (C=N–C) groups is 1. The zero-order chi connectivity index (χ0) is 18.4. The van der Waals surface area contributed by atoms with E-state index in [9.17, 15) is 0 Å². The van der Waals surface area contributed by atoms with Crippen LogP contribution in [-0.2, 0) is 0 Å². The van der Waals surface area contributed by atoms with Gasteiger partial charge in [0.25, 0.3) is 0 Å². The van der Waals surface area contributed by atoms with Crippen LogP contribution in [0.5, 0.6) is 11.5 Å². The van der Waals surface area contributed by atoms with Crippen molar-refractivity contribution in [1.82, 2.24) is 10.6 Å². The van der Waals surface area contributed by atoms with Gasteiger partial charge < -0.3 is 25.0 Å². The van der Waals surface area contributed by atoms with Crippen LogP contribution in [0.4, 0.5) is 5.69 Å². The van der Waals surface area contributed by atoms with Gasteiger partial charge in [-0.3, -0.25) is 4.99 Å². The van der Waals surface area contributed by atoms with Gasteiger partial charge >= 0.3 is 0 Å². The lowest BCUT2D eigenvalue weighted by molar-refractivity contribution is 0.393. The Balaban J connectivity index is 1.55. The highest BCUT2D eigenvalue weighted by molar-refractivity contribution is 5.80. The largest absolute Gasteiger partial charge is 0.497 e. The summed E-state index contributed by atoms with van der Waals surface area (Å²) in [4.78, 5) is 7.14. The summed E-state index contributed by atoms with van der Waals surface area (Å²) < 4.78 is 10.8. The van der Waals surface area contributed by atoms with Gasteiger partial charge in [-0.25, -0.2) is 0 Å². The molecule has 0 amide bonds. The van der Waals surface area contributed by atoms with Crippen molar-refractivity contribution in [2.24, 2.45) is 10.9 Å². The number of anilines is 1. The summed E-state index contributed by atoms with van der Waals surface area (Å²) in [7, 11) is 3.38. The molecule has 0 bridgehead atoms. The number of methoxy groups -OCH3 is 2. The van der Waals surface area contributed by atoms with Crippen molar-refractivity contribution in [3.8, 4) is 11.5 Å². The molecule has 2 fully saturated rings. The second kappa shape index (κ2) is 9.01. The van der Waals surface area contributed by atoms with Crippen LogP contribution in [0.1, 0.15) is 32.6 Å². The van der Waals surface area contributed by atoms with Gasteiger partial charge in [0.15, 0.2) is 5.96 Å². The van der Waals surface area contributed by atoms with Crippen molar-refractivity contribution in [2.45, 2.75) is 38.6 Å². The molecule has 0 spiro atoms. The van der Waals surface area contributed by atoms with E-state index in [1.54, 1.807) is 14.2 Å². The SMILES string of the molecule is CCNC(=NCC1CC1)NC1CCN(c2cc(OC)cc(OC)c2)CC1. The van der Waals surface area contributed by atoms with E-state index in [0.29, 0.717) is 6.04 Å². The molecule has 2 N–H and O–H groups in total. The summed E-state index contributed by atoms with van der Waals surface area (Å²) in [6.45, 7) is 6.00. The molecule has 0 unspecified atom stereocenters. The smallest absolute Gasteiger partial charge is 0.191 e. The predicted molar refractivity (Wildman–Crippen MR) is 107 cm³/mol. The maximum absolute atomic E-state index is 5.40. The van der Waals surface area contributed by atoms with Crippen LogP contribution in [0.3, 0.4) is 0 Å². The van der Waals surface area contributed by atoms with Crippen molar-refractivity contribution in [3.63, 3.8) is 0 Å². The molecular weight excluding hydrogens is 328 g/mol. The lowest BCUT2D eigenvalue weighted by Gasteiger charge is -2.34. The molecule has 0 aromatic heterocycles. The molecule has 2 aliphatic rings. The van der Waals surface area contributed by atoms with E-state index in [4.69, 9.17) is 14.5 Å². The highest BCUT2D eigenvalue weighted by Crippen LogP contribution is 2.30. The fourth-order valence-electron chi connectivity index (χ4n) is 3.29. The Morgan fingerprint density at radius 1 is 1.08 bits per heavy atom. The molecular formula is C20H32N4O2. The number of piperidine rings is 1. The molecule has 0 radical (unpaired) electrons. The summed E-state index contributed by atoms with van der Waals surface area (Å²) in [5, 5.41) is 7.00. The average molecular weight is 361 g/mol. The third-order valence-electron chi connectivity index (χ3n) is 5.09. The zero-order valence-corrected chi connectivity index (χ0v) is 16.3. The summed E-state index contributed by atoms with van der Waals surface area (Å²) in [6.07, 6.45) is 4.86. The molecule has 6 heteroatoms. The van der Waals surface area contributed by atoms with Crippen molar-refractivity contribution in [2.75, 3.05) is 45.3 Å². The van der Waals surface area contributed by atoms with Gasteiger partial charge in [-0.05, 0) is 38.5 Å². The van der Waals surface area contributed by atoms with Crippen molar-refractivity contribution < 1.29 is 9.47 Å². The number of hydrogen-bond acceptors (Lipinski definition) is 4. The lowest BCUT2D eigenvalue weighted by Crippen LogP contribution is -2.48. The fourth-order valence-corrected chi connectivity index (χ4v) is 3.29. The zero-order valence-electron chi connectivity index (χ0n) is 16.3.